The smallest absolute Gasteiger partial charge is 0.180 e. The minimum Gasteiger partial charge on any atom is -0.312 e. The first-order valence-electron chi connectivity index (χ1n) is 5.84. The molecule has 0 unspecified atom stereocenters. The third-order valence-electron chi connectivity index (χ3n) is 2.24. The van der Waals surface area contributed by atoms with E-state index in [1.807, 2.05) is 12.3 Å². The summed E-state index contributed by atoms with van der Waals surface area (Å²) in [6.07, 6.45) is 1.81. The SMILES string of the molecule is CC(C)CNCc1cccnc1Sc1nncs1. The summed E-state index contributed by atoms with van der Waals surface area (Å²) in [5.41, 5.74) is 2.94. The van der Waals surface area contributed by atoms with Crippen LogP contribution in [0.4, 0.5) is 0 Å². The second-order valence-corrected chi connectivity index (χ2v) is 6.37. The van der Waals surface area contributed by atoms with Crippen molar-refractivity contribution in [1.29, 1.82) is 0 Å². The number of hydrogen-bond donors (Lipinski definition) is 1. The molecule has 2 heterocycles. The van der Waals surface area contributed by atoms with Gasteiger partial charge in [0.2, 0.25) is 0 Å². The number of nitrogens with one attached hydrogen (secondary N) is 1. The Hall–Kier alpha value is -0.980. The average Bonchev–Trinajstić information content (AvgIpc) is 2.84. The van der Waals surface area contributed by atoms with E-state index in [0.717, 1.165) is 22.5 Å². The molecular formula is C12H16N4S2. The number of hydrogen-bond acceptors (Lipinski definition) is 6. The summed E-state index contributed by atoms with van der Waals surface area (Å²) in [5.74, 6) is 0.654. The summed E-state index contributed by atoms with van der Waals surface area (Å²) in [4.78, 5) is 4.41. The van der Waals surface area contributed by atoms with Crippen LogP contribution in [0, 0.1) is 5.92 Å². The average molecular weight is 280 g/mol. The Kier molecular flexibility index (Phi) is 5.10. The lowest BCUT2D eigenvalue weighted by molar-refractivity contribution is 0.549. The Bertz CT molecular complexity index is 471. The van der Waals surface area contributed by atoms with E-state index < -0.39 is 0 Å². The van der Waals surface area contributed by atoms with Gasteiger partial charge < -0.3 is 5.32 Å². The van der Waals surface area contributed by atoms with Crippen molar-refractivity contribution in [2.75, 3.05) is 6.54 Å². The van der Waals surface area contributed by atoms with Crippen molar-refractivity contribution < 1.29 is 0 Å². The lowest BCUT2D eigenvalue weighted by atomic mass is 10.2. The summed E-state index contributed by atoms with van der Waals surface area (Å²) < 4.78 is 0.929. The van der Waals surface area contributed by atoms with E-state index in [4.69, 9.17) is 0 Å². The molecule has 0 saturated heterocycles. The molecule has 0 aromatic carbocycles. The molecule has 4 nitrogen and oxygen atoms in total. The van der Waals surface area contributed by atoms with Crippen LogP contribution >= 0.6 is 23.1 Å². The maximum atomic E-state index is 4.41. The molecule has 2 aromatic heterocycles. The van der Waals surface area contributed by atoms with Gasteiger partial charge in [0.05, 0.1) is 0 Å². The lowest BCUT2D eigenvalue weighted by Crippen LogP contribution is -2.19. The first-order chi connectivity index (χ1) is 8.75. The summed E-state index contributed by atoms with van der Waals surface area (Å²) >= 11 is 3.11. The van der Waals surface area contributed by atoms with Crippen LogP contribution in [-0.4, -0.2) is 21.7 Å². The molecule has 0 spiro atoms. The molecule has 0 aliphatic rings. The molecule has 6 heteroatoms. The van der Waals surface area contributed by atoms with Gasteiger partial charge in [0.1, 0.15) is 10.5 Å². The van der Waals surface area contributed by atoms with E-state index in [1.54, 1.807) is 17.3 Å². The predicted octanol–water partition coefficient (Wildman–Crippen LogP) is 2.83. The second-order valence-electron chi connectivity index (χ2n) is 4.30. The lowest BCUT2D eigenvalue weighted by Gasteiger charge is -2.09. The summed E-state index contributed by atoms with van der Waals surface area (Å²) in [5, 5.41) is 12.3. The number of aromatic nitrogens is 3. The van der Waals surface area contributed by atoms with Crippen molar-refractivity contribution in [3.63, 3.8) is 0 Å². The van der Waals surface area contributed by atoms with Crippen LogP contribution in [0.2, 0.25) is 0 Å². The standard InChI is InChI=1S/C12H16N4S2/c1-9(2)6-13-7-10-4-3-5-14-11(10)18-12-16-15-8-17-12/h3-5,8-9,13H,6-7H2,1-2H3. The van der Waals surface area contributed by atoms with Crippen molar-refractivity contribution in [2.45, 2.75) is 29.8 Å². The monoisotopic (exact) mass is 280 g/mol. The highest BCUT2D eigenvalue weighted by Crippen LogP contribution is 2.29. The third kappa shape index (κ3) is 4.04. The fourth-order valence-corrected chi connectivity index (χ4v) is 2.91. The van der Waals surface area contributed by atoms with E-state index in [1.165, 1.54) is 16.9 Å². The first-order valence-corrected chi connectivity index (χ1v) is 7.54. The predicted molar refractivity (Wildman–Crippen MR) is 74.8 cm³/mol. The summed E-state index contributed by atoms with van der Waals surface area (Å²) in [6, 6.07) is 4.07. The van der Waals surface area contributed by atoms with Crippen LogP contribution < -0.4 is 5.32 Å². The highest BCUT2D eigenvalue weighted by atomic mass is 32.2. The van der Waals surface area contributed by atoms with Gasteiger partial charge in [-0.25, -0.2) is 4.98 Å². The van der Waals surface area contributed by atoms with Gasteiger partial charge in [-0.1, -0.05) is 31.3 Å². The quantitative estimate of drug-likeness (QED) is 0.881. The third-order valence-corrected chi connectivity index (χ3v) is 4.08. The number of nitrogens with zero attached hydrogens (tertiary/aromatic N) is 3. The Morgan fingerprint density at radius 2 is 2.33 bits per heavy atom. The molecule has 0 bridgehead atoms. The van der Waals surface area contributed by atoms with Crippen molar-refractivity contribution in [3.8, 4) is 0 Å². The second kappa shape index (κ2) is 6.82. The molecule has 0 saturated carbocycles. The summed E-state index contributed by atoms with van der Waals surface area (Å²) in [7, 11) is 0. The van der Waals surface area contributed by atoms with Gasteiger partial charge in [-0.15, -0.1) is 10.2 Å². The zero-order valence-corrected chi connectivity index (χ0v) is 12.1. The van der Waals surface area contributed by atoms with Gasteiger partial charge in [0.25, 0.3) is 0 Å². The minimum absolute atomic E-state index is 0.654. The van der Waals surface area contributed by atoms with Gasteiger partial charge in [0.15, 0.2) is 4.34 Å². The van der Waals surface area contributed by atoms with Gasteiger partial charge >= 0.3 is 0 Å². The Morgan fingerprint density at radius 3 is 3.06 bits per heavy atom. The molecule has 96 valence electrons. The molecule has 1 N–H and O–H groups in total. The largest absolute Gasteiger partial charge is 0.312 e. The van der Waals surface area contributed by atoms with E-state index in [9.17, 15) is 0 Å². The summed E-state index contributed by atoms with van der Waals surface area (Å²) in [6.45, 7) is 6.26. The van der Waals surface area contributed by atoms with E-state index in [-0.39, 0.29) is 0 Å². The van der Waals surface area contributed by atoms with E-state index in [0.29, 0.717) is 5.92 Å². The van der Waals surface area contributed by atoms with E-state index >= 15 is 0 Å². The van der Waals surface area contributed by atoms with Gasteiger partial charge in [-0.2, -0.15) is 0 Å². The van der Waals surface area contributed by atoms with Gasteiger partial charge in [-0.3, -0.25) is 0 Å². The molecule has 0 aliphatic carbocycles. The van der Waals surface area contributed by atoms with E-state index in [2.05, 4.69) is 40.4 Å². The zero-order chi connectivity index (χ0) is 12.8. The van der Waals surface area contributed by atoms with Crippen LogP contribution in [0.5, 0.6) is 0 Å². The first kappa shape index (κ1) is 13.5. The normalized spacial score (nSPS) is 11.1. The molecule has 2 aromatic rings. The Morgan fingerprint density at radius 1 is 1.44 bits per heavy atom. The van der Waals surface area contributed by atoms with Gasteiger partial charge in [0, 0.05) is 12.7 Å². The van der Waals surface area contributed by atoms with Crippen LogP contribution in [0.25, 0.3) is 0 Å². The van der Waals surface area contributed by atoms with Crippen molar-refractivity contribution >= 4 is 23.1 Å². The van der Waals surface area contributed by atoms with Crippen molar-refractivity contribution in [2.24, 2.45) is 5.92 Å². The highest BCUT2D eigenvalue weighted by Gasteiger charge is 2.07. The molecule has 2 rings (SSSR count). The fourth-order valence-electron chi connectivity index (χ4n) is 1.44. The number of pyridine rings is 1. The number of rotatable bonds is 6. The Labute approximate surface area is 115 Å². The molecular weight excluding hydrogens is 264 g/mol. The van der Waals surface area contributed by atoms with Crippen molar-refractivity contribution in [3.05, 3.63) is 29.4 Å². The molecule has 0 radical (unpaired) electrons. The molecule has 18 heavy (non-hydrogen) atoms. The van der Waals surface area contributed by atoms with Crippen LogP contribution in [0.15, 0.2) is 33.2 Å². The maximum Gasteiger partial charge on any atom is 0.180 e. The highest BCUT2D eigenvalue weighted by molar-refractivity contribution is 8.01. The molecule has 0 atom stereocenters. The van der Waals surface area contributed by atoms with Crippen molar-refractivity contribution in [1.82, 2.24) is 20.5 Å². The van der Waals surface area contributed by atoms with Crippen LogP contribution in [0.1, 0.15) is 19.4 Å². The maximum absolute atomic E-state index is 4.41. The minimum atomic E-state index is 0.654. The van der Waals surface area contributed by atoms with Crippen LogP contribution in [-0.2, 0) is 6.54 Å². The van der Waals surface area contributed by atoms with Gasteiger partial charge in [-0.05, 0) is 35.9 Å². The molecule has 0 fully saturated rings. The Balaban J connectivity index is 2.01. The molecule has 0 aliphatic heterocycles. The molecule has 0 amide bonds. The zero-order valence-electron chi connectivity index (χ0n) is 10.5. The fraction of sp³-hybridized carbons (Fsp3) is 0.417. The van der Waals surface area contributed by atoms with Crippen LogP contribution in [0.3, 0.4) is 0 Å². The topological polar surface area (TPSA) is 50.7 Å².